The van der Waals surface area contributed by atoms with E-state index in [1.54, 1.807) is 0 Å². The van der Waals surface area contributed by atoms with E-state index in [4.69, 9.17) is 0 Å². The Labute approximate surface area is 201 Å². The van der Waals surface area contributed by atoms with Crippen LogP contribution in [-0.2, 0) is 4.79 Å². The number of hydrogen-bond acceptors (Lipinski definition) is 3. The molecule has 3 aromatic rings. The second-order valence-corrected chi connectivity index (χ2v) is 9.19. The van der Waals surface area contributed by atoms with Gasteiger partial charge >= 0.3 is 0 Å². The Morgan fingerprint density at radius 3 is 2.21 bits per heavy atom. The molecule has 2 N–H and O–H groups in total. The second kappa shape index (κ2) is 8.83. The number of aliphatic hydroxyl groups excluding tert-OH is 1. The summed E-state index contributed by atoms with van der Waals surface area (Å²) in [7, 11) is 0. The number of allylic oxidation sites excluding steroid dienone is 2. The van der Waals surface area contributed by atoms with Crippen molar-refractivity contribution >= 4 is 39.0 Å². The number of ketones is 1. The molecule has 1 aliphatic carbocycles. The van der Waals surface area contributed by atoms with Crippen LogP contribution in [0.15, 0.2) is 106 Å². The smallest absolute Gasteiger partial charge is 0.161 e. The van der Waals surface area contributed by atoms with Crippen molar-refractivity contribution in [1.29, 1.82) is 5.41 Å². The number of halogens is 1. The Morgan fingerprint density at radius 1 is 0.909 bits per heavy atom. The normalized spacial score (nSPS) is 20.0. The molecule has 0 saturated heterocycles. The molecule has 0 saturated carbocycles. The SMILES string of the molecule is N=C1/C(=C(/O)c2ccccc2)C(c2ccccc2)C2=C(CCCC2=O)N1c1ccc(Br)cc1. The summed E-state index contributed by atoms with van der Waals surface area (Å²) in [6, 6.07) is 26.7. The molecule has 0 bridgehead atoms. The van der Waals surface area contributed by atoms with Gasteiger partial charge in [-0.1, -0.05) is 76.6 Å². The first-order chi connectivity index (χ1) is 16.1. The molecule has 0 radical (unpaired) electrons. The largest absolute Gasteiger partial charge is 0.507 e. The van der Waals surface area contributed by atoms with E-state index in [1.807, 2.05) is 89.8 Å². The van der Waals surface area contributed by atoms with Crippen LogP contribution in [0.3, 0.4) is 0 Å². The summed E-state index contributed by atoms with van der Waals surface area (Å²) in [4.78, 5) is 15.2. The van der Waals surface area contributed by atoms with Crippen LogP contribution in [0.5, 0.6) is 0 Å². The van der Waals surface area contributed by atoms with E-state index >= 15 is 0 Å². The van der Waals surface area contributed by atoms with E-state index in [2.05, 4.69) is 15.9 Å². The van der Waals surface area contributed by atoms with Crippen LogP contribution in [0.4, 0.5) is 5.69 Å². The maximum atomic E-state index is 13.4. The summed E-state index contributed by atoms with van der Waals surface area (Å²) < 4.78 is 0.939. The molecule has 5 heteroatoms. The van der Waals surface area contributed by atoms with Crippen LogP contribution in [0, 0.1) is 5.41 Å². The summed E-state index contributed by atoms with van der Waals surface area (Å²) in [6.45, 7) is 0. The number of benzene rings is 3. The maximum absolute atomic E-state index is 13.4. The monoisotopic (exact) mass is 498 g/mol. The van der Waals surface area contributed by atoms with Gasteiger partial charge in [-0.05, 0) is 42.7 Å². The van der Waals surface area contributed by atoms with Gasteiger partial charge in [0.2, 0.25) is 0 Å². The Balaban J connectivity index is 1.82. The summed E-state index contributed by atoms with van der Waals surface area (Å²) >= 11 is 3.48. The molecule has 0 fully saturated rings. The quantitative estimate of drug-likeness (QED) is 0.381. The van der Waals surface area contributed by atoms with Crippen molar-refractivity contribution in [3.05, 3.63) is 117 Å². The van der Waals surface area contributed by atoms with Gasteiger partial charge in [0.1, 0.15) is 11.6 Å². The Kier molecular flexibility index (Phi) is 5.73. The van der Waals surface area contributed by atoms with Crippen molar-refractivity contribution in [3.8, 4) is 0 Å². The average Bonchev–Trinajstić information content (AvgIpc) is 2.85. The molecule has 0 spiro atoms. The number of aliphatic hydroxyl groups is 1. The van der Waals surface area contributed by atoms with Crippen molar-refractivity contribution in [1.82, 2.24) is 0 Å². The van der Waals surface area contributed by atoms with E-state index in [0.717, 1.165) is 27.8 Å². The fourth-order valence-electron chi connectivity index (χ4n) is 4.80. The summed E-state index contributed by atoms with van der Waals surface area (Å²) in [6.07, 6.45) is 1.94. The fraction of sp³-hybridized carbons (Fsp3) is 0.143. The van der Waals surface area contributed by atoms with Crippen LogP contribution >= 0.6 is 15.9 Å². The van der Waals surface area contributed by atoms with Gasteiger partial charge in [-0.15, -0.1) is 0 Å². The predicted octanol–water partition coefficient (Wildman–Crippen LogP) is 7.01. The lowest BCUT2D eigenvalue weighted by Crippen LogP contribution is -2.42. The topological polar surface area (TPSA) is 64.4 Å². The van der Waals surface area contributed by atoms with E-state index < -0.39 is 5.92 Å². The lowest BCUT2D eigenvalue weighted by molar-refractivity contribution is -0.116. The highest BCUT2D eigenvalue weighted by molar-refractivity contribution is 9.10. The van der Waals surface area contributed by atoms with Gasteiger partial charge in [0.05, 0.1) is 0 Å². The van der Waals surface area contributed by atoms with Gasteiger partial charge in [-0.25, -0.2) is 0 Å². The first-order valence-corrected chi connectivity index (χ1v) is 11.8. The van der Waals surface area contributed by atoms with Crippen molar-refractivity contribution in [2.45, 2.75) is 25.2 Å². The maximum Gasteiger partial charge on any atom is 0.161 e. The highest BCUT2D eigenvalue weighted by atomic mass is 79.9. The third-order valence-electron chi connectivity index (χ3n) is 6.27. The molecule has 0 amide bonds. The number of nitrogens with one attached hydrogen (secondary N) is 1. The van der Waals surface area contributed by atoms with E-state index in [1.165, 1.54) is 0 Å². The molecular formula is C28H23BrN2O2. The Morgan fingerprint density at radius 2 is 1.55 bits per heavy atom. The number of Topliss-reactive ketones (excluding diaryl/α,β-unsaturated/α-hetero) is 1. The van der Waals surface area contributed by atoms with Crippen LogP contribution in [0.2, 0.25) is 0 Å². The molecule has 164 valence electrons. The average molecular weight is 499 g/mol. The fourth-order valence-corrected chi connectivity index (χ4v) is 5.06. The zero-order valence-corrected chi connectivity index (χ0v) is 19.5. The standard InChI is InChI=1S/C28H23BrN2O2/c29-20-14-16-21(17-15-20)31-22-12-7-13-23(32)25(22)24(18-8-3-1-4-9-18)26(28(31)30)27(33)19-10-5-2-6-11-19/h1-6,8-11,14-17,24,30,33H,7,12-13H2/b27-26+,30-28?. The zero-order chi connectivity index (χ0) is 22.9. The minimum Gasteiger partial charge on any atom is -0.507 e. The number of nitrogens with zero attached hydrogens (tertiary/aromatic N) is 1. The molecule has 1 heterocycles. The lowest BCUT2D eigenvalue weighted by Gasteiger charge is -2.41. The van der Waals surface area contributed by atoms with Gasteiger partial charge in [0.25, 0.3) is 0 Å². The molecule has 2 aliphatic rings. The number of amidine groups is 1. The summed E-state index contributed by atoms with van der Waals surface area (Å²) in [5, 5.41) is 20.8. The zero-order valence-electron chi connectivity index (χ0n) is 18.0. The van der Waals surface area contributed by atoms with Gasteiger partial charge in [0, 0.05) is 44.9 Å². The minimum atomic E-state index is -0.492. The molecular weight excluding hydrogens is 476 g/mol. The summed E-state index contributed by atoms with van der Waals surface area (Å²) in [5.41, 5.74) is 4.32. The van der Waals surface area contributed by atoms with E-state index in [-0.39, 0.29) is 17.4 Å². The Bertz CT molecular complexity index is 1280. The third-order valence-corrected chi connectivity index (χ3v) is 6.80. The number of hydrogen-bond donors (Lipinski definition) is 2. The molecule has 33 heavy (non-hydrogen) atoms. The second-order valence-electron chi connectivity index (χ2n) is 8.27. The summed E-state index contributed by atoms with van der Waals surface area (Å²) in [5.74, 6) is -0.186. The highest BCUT2D eigenvalue weighted by Crippen LogP contribution is 2.47. The molecule has 5 rings (SSSR count). The van der Waals surface area contributed by atoms with Crippen LogP contribution < -0.4 is 4.90 Å². The van der Waals surface area contributed by atoms with Gasteiger partial charge in [-0.2, -0.15) is 0 Å². The molecule has 3 aromatic carbocycles. The molecule has 0 aromatic heterocycles. The number of anilines is 1. The van der Waals surface area contributed by atoms with Crippen LogP contribution in [-0.4, -0.2) is 16.7 Å². The van der Waals surface area contributed by atoms with E-state index in [0.29, 0.717) is 29.6 Å². The van der Waals surface area contributed by atoms with Crippen molar-refractivity contribution < 1.29 is 9.90 Å². The predicted molar refractivity (Wildman–Crippen MR) is 135 cm³/mol. The van der Waals surface area contributed by atoms with Crippen LogP contribution in [0.25, 0.3) is 5.76 Å². The first-order valence-electron chi connectivity index (χ1n) is 11.0. The van der Waals surface area contributed by atoms with Gasteiger partial charge < -0.3 is 5.11 Å². The molecule has 4 nitrogen and oxygen atoms in total. The lowest BCUT2D eigenvalue weighted by atomic mass is 9.73. The number of rotatable bonds is 3. The molecule has 1 aliphatic heterocycles. The van der Waals surface area contributed by atoms with E-state index in [9.17, 15) is 15.3 Å². The van der Waals surface area contributed by atoms with Gasteiger partial charge in [-0.3, -0.25) is 15.1 Å². The molecule has 1 unspecified atom stereocenters. The highest BCUT2D eigenvalue weighted by Gasteiger charge is 2.43. The van der Waals surface area contributed by atoms with Crippen LogP contribution in [0.1, 0.15) is 36.3 Å². The first kappa shape index (κ1) is 21.4. The van der Waals surface area contributed by atoms with Gasteiger partial charge in [0.15, 0.2) is 5.78 Å². The van der Waals surface area contributed by atoms with Crippen molar-refractivity contribution in [3.63, 3.8) is 0 Å². The number of carbonyl (C=O) groups excluding carboxylic acids is 1. The Hall–Kier alpha value is -3.44. The number of carbonyl (C=O) groups is 1. The van der Waals surface area contributed by atoms with Crippen molar-refractivity contribution in [2.24, 2.45) is 0 Å². The molecule has 1 atom stereocenters. The third kappa shape index (κ3) is 3.83. The minimum absolute atomic E-state index is 0.0292. The van der Waals surface area contributed by atoms with Crippen molar-refractivity contribution in [2.75, 3.05) is 4.90 Å².